The van der Waals surface area contributed by atoms with Crippen molar-refractivity contribution in [3.05, 3.63) is 200 Å². The maximum absolute atomic E-state index is 14.3. The summed E-state index contributed by atoms with van der Waals surface area (Å²) in [6.45, 7) is 7.69. The fourth-order valence-electron chi connectivity index (χ4n) is 11.3. The Kier molecular flexibility index (Phi) is 20.5. The predicted molar refractivity (Wildman–Crippen MR) is 333 cm³/mol. The summed E-state index contributed by atoms with van der Waals surface area (Å²) < 4.78 is 70.8. The Balaban J connectivity index is 0.000000205. The van der Waals surface area contributed by atoms with Crippen LogP contribution in [0.1, 0.15) is 113 Å². The van der Waals surface area contributed by atoms with Gasteiger partial charge in [0.25, 0.3) is 11.8 Å². The Hall–Kier alpha value is -6.22. The second-order valence-electron chi connectivity index (χ2n) is 22.7. The minimum Gasteiger partial charge on any atom is -0.481 e. The maximum atomic E-state index is 14.3. The standard InChI is InChI=1S/2C32H34Cl2N2O6S/c2*1-20(2)27(19-35(25-9-4-3-5-10-25)43(40,41)26-15-16-26)36-30(21-11-13-23(33)14-12-21)31(22-7-6-8-24(34)17-22)42-28(32(36)39)18-29(37)38/h2*3-14,17,20,26-28,30-31H,15-16,18-19H2,1-2H3,(H,37,38)/t27-,28+,30?,31-;27-,28-,30?,31-/m11/s1. The Morgan fingerprint density at radius 3 is 1.12 bits per heavy atom. The van der Waals surface area contributed by atoms with Crippen LogP contribution < -0.4 is 8.61 Å². The van der Waals surface area contributed by atoms with Crippen molar-refractivity contribution in [2.75, 3.05) is 21.7 Å². The SMILES string of the molecule is CC(C)[C@@H](CN(c1ccccc1)S(=O)(=O)C1CC1)N1C(=O)[C@@H](CC(=O)O)O[C@H](c2cccc(Cl)c2)C1c1ccc(Cl)cc1.CC(C)[C@@H](CN(c1ccccc1)S(=O)(=O)C1CC1)N1C(=O)[C@H](CC(=O)O)O[C@H](c2cccc(Cl)c2)C1c1ccc(Cl)cc1. The summed E-state index contributed by atoms with van der Waals surface area (Å²) in [5.41, 5.74) is 3.76. The first-order valence-electron chi connectivity index (χ1n) is 28.5. The minimum atomic E-state index is -3.72. The third-order valence-electron chi connectivity index (χ3n) is 15.9. The second kappa shape index (κ2) is 27.4. The number of carboxylic acids is 2. The molecule has 2 saturated heterocycles. The predicted octanol–water partition coefficient (Wildman–Crippen LogP) is 13.0. The van der Waals surface area contributed by atoms with Gasteiger partial charge in [0.15, 0.2) is 0 Å². The largest absolute Gasteiger partial charge is 0.481 e. The first-order chi connectivity index (χ1) is 40.9. The van der Waals surface area contributed by atoms with Crippen molar-refractivity contribution < 1.29 is 55.7 Å². The number of hydrogen-bond donors (Lipinski definition) is 2. The van der Waals surface area contributed by atoms with Gasteiger partial charge in [0.05, 0.1) is 72.0 Å². The van der Waals surface area contributed by atoms with Crippen molar-refractivity contribution in [3.63, 3.8) is 0 Å². The van der Waals surface area contributed by atoms with Crippen LogP contribution in [0.2, 0.25) is 20.1 Å². The van der Waals surface area contributed by atoms with Gasteiger partial charge in [0.2, 0.25) is 20.0 Å². The highest BCUT2D eigenvalue weighted by Crippen LogP contribution is 2.48. The molecule has 6 aromatic rings. The van der Waals surface area contributed by atoms with E-state index in [4.69, 9.17) is 55.9 Å². The quantitative estimate of drug-likeness (QED) is 0.0651. The van der Waals surface area contributed by atoms with E-state index in [2.05, 4.69) is 0 Å². The number of rotatable bonds is 22. The van der Waals surface area contributed by atoms with Gasteiger partial charge in [-0.1, -0.05) is 159 Å². The number of ether oxygens (including phenoxy) is 2. The van der Waals surface area contributed by atoms with E-state index < -0.39 is 116 Å². The molecule has 0 aromatic heterocycles. The number of nitrogens with zero attached hydrogens (tertiary/aromatic N) is 4. The molecule has 22 heteroatoms. The number of para-hydroxylation sites is 2. The van der Waals surface area contributed by atoms with Gasteiger partial charge in [0.1, 0.15) is 24.4 Å². The van der Waals surface area contributed by atoms with Gasteiger partial charge in [-0.05, 0) is 133 Å². The number of carbonyl (C=O) groups is 4. The van der Waals surface area contributed by atoms with Crippen molar-refractivity contribution in [2.24, 2.45) is 11.8 Å². The first kappa shape index (κ1) is 64.3. The van der Waals surface area contributed by atoms with E-state index in [1.54, 1.807) is 143 Å². The van der Waals surface area contributed by atoms with E-state index >= 15 is 0 Å². The molecule has 456 valence electrons. The monoisotopic (exact) mass is 1290 g/mol. The molecule has 2 N–H and O–H groups in total. The van der Waals surface area contributed by atoms with E-state index in [-0.39, 0.29) is 24.9 Å². The van der Waals surface area contributed by atoms with Crippen LogP contribution in [0, 0.1) is 11.8 Å². The lowest BCUT2D eigenvalue weighted by atomic mass is 9.88. The third kappa shape index (κ3) is 14.8. The molecule has 8 atom stereocenters. The Labute approximate surface area is 522 Å². The van der Waals surface area contributed by atoms with Crippen LogP contribution in [-0.2, 0) is 48.7 Å². The summed E-state index contributed by atoms with van der Waals surface area (Å²) in [7, 11) is -7.44. The minimum absolute atomic E-state index is 0.0155. The number of halogens is 4. The zero-order valence-electron chi connectivity index (χ0n) is 47.7. The van der Waals surface area contributed by atoms with E-state index in [1.165, 1.54) is 8.61 Å². The Morgan fingerprint density at radius 1 is 0.488 bits per heavy atom. The zero-order valence-corrected chi connectivity index (χ0v) is 52.3. The van der Waals surface area contributed by atoms with Gasteiger partial charge in [-0.25, -0.2) is 16.8 Å². The number of anilines is 2. The summed E-state index contributed by atoms with van der Waals surface area (Å²) in [6.07, 6.45) is -2.95. The van der Waals surface area contributed by atoms with Crippen molar-refractivity contribution in [1.82, 2.24) is 9.80 Å². The first-order valence-corrected chi connectivity index (χ1v) is 33.0. The molecule has 0 bridgehead atoms. The highest BCUT2D eigenvalue weighted by Gasteiger charge is 2.52. The summed E-state index contributed by atoms with van der Waals surface area (Å²) in [4.78, 5) is 55.8. The van der Waals surface area contributed by atoms with Crippen molar-refractivity contribution >= 4 is 102 Å². The molecule has 2 heterocycles. The molecular weight excluding hydrogens is 1220 g/mol. The normalized spacial score (nSPS) is 21.6. The van der Waals surface area contributed by atoms with Crippen molar-refractivity contribution in [3.8, 4) is 0 Å². The molecule has 2 amide bonds. The summed E-state index contributed by atoms with van der Waals surface area (Å²) in [6, 6.07) is 43.2. The van der Waals surface area contributed by atoms with Gasteiger partial charge in [-0.15, -0.1) is 0 Å². The van der Waals surface area contributed by atoms with Gasteiger partial charge < -0.3 is 29.5 Å². The number of amides is 2. The van der Waals surface area contributed by atoms with Crippen LogP contribution in [0.3, 0.4) is 0 Å². The average molecular weight is 1290 g/mol. The van der Waals surface area contributed by atoms with Crippen LogP contribution in [0.15, 0.2) is 158 Å². The van der Waals surface area contributed by atoms with Crippen LogP contribution in [0.4, 0.5) is 11.4 Å². The molecule has 10 rings (SSSR count). The number of sulfonamides is 2. The smallest absolute Gasteiger partial charge is 0.306 e. The molecule has 2 aliphatic carbocycles. The molecule has 16 nitrogen and oxygen atoms in total. The molecular formula is C64H68Cl4N4O12S2. The number of morpholine rings is 2. The highest BCUT2D eigenvalue weighted by molar-refractivity contribution is 7.94. The van der Waals surface area contributed by atoms with E-state index in [9.17, 15) is 46.2 Å². The molecule has 2 unspecified atom stereocenters. The van der Waals surface area contributed by atoms with Crippen LogP contribution in [0.5, 0.6) is 0 Å². The molecule has 4 fully saturated rings. The lowest BCUT2D eigenvalue weighted by molar-refractivity contribution is -0.184. The van der Waals surface area contributed by atoms with Gasteiger partial charge in [-0.3, -0.25) is 27.8 Å². The lowest BCUT2D eigenvalue weighted by Gasteiger charge is -2.50. The van der Waals surface area contributed by atoms with Crippen LogP contribution >= 0.6 is 46.4 Å². The third-order valence-corrected chi connectivity index (χ3v) is 21.5. The molecule has 0 radical (unpaired) electrons. The molecule has 2 aliphatic heterocycles. The van der Waals surface area contributed by atoms with Crippen molar-refractivity contribution in [2.45, 2.75) is 125 Å². The summed E-state index contributed by atoms with van der Waals surface area (Å²) >= 11 is 25.2. The Bertz CT molecular complexity index is 3360. The Morgan fingerprint density at radius 2 is 0.826 bits per heavy atom. The fourth-order valence-corrected chi connectivity index (χ4v) is 15.7. The summed E-state index contributed by atoms with van der Waals surface area (Å²) in [5, 5.41) is 20.4. The molecule has 2 saturated carbocycles. The van der Waals surface area contributed by atoms with Crippen LogP contribution in [0.25, 0.3) is 0 Å². The maximum Gasteiger partial charge on any atom is 0.306 e. The molecule has 0 spiro atoms. The number of aliphatic carboxylic acids is 2. The molecule has 6 aromatic carbocycles. The topological polar surface area (TPSA) is 208 Å². The van der Waals surface area contributed by atoms with E-state index in [1.807, 2.05) is 52.0 Å². The summed E-state index contributed by atoms with van der Waals surface area (Å²) in [5.74, 6) is -3.84. The van der Waals surface area contributed by atoms with Gasteiger partial charge in [0, 0.05) is 20.1 Å². The van der Waals surface area contributed by atoms with E-state index in [0.717, 1.165) is 0 Å². The van der Waals surface area contributed by atoms with Gasteiger partial charge in [-0.2, -0.15) is 0 Å². The second-order valence-corrected chi connectivity index (χ2v) is 28.7. The lowest BCUT2D eigenvalue weighted by Crippen LogP contribution is -2.59. The molecule has 86 heavy (non-hydrogen) atoms. The zero-order chi connectivity index (χ0) is 61.8. The molecule has 4 aliphatic rings. The van der Waals surface area contributed by atoms with Crippen LogP contribution in [-0.4, -0.2) is 108 Å². The number of carbonyl (C=O) groups excluding carboxylic acids is 2. The fraction of sp³-hybridized carbons (Fsp3) is 0.375. The number of benzene rings is 6. The average Bonchev–Trinajstić information content (AvgIpc) is 2.29. The van der Waals surface area contributed by atoms with Crippen molar-refractivity contribution in [1.29, 1.82) is 0 Å². The number of hydrogen-bond acceptors (Lipinski definition) is 10. The highest BCUT2D eigenvalue weighted by atomic mass is 35.5. The number of carboxylic acid groups (broad SMARTS) is 2. The van der Waals surface area contributed by atoms with Gasteiger partial charge >= 0.3 is 11.9 Å². The van der Waals surface area contributed by atoms with E-state index in [0.29, 0.717) is 79.4 Å².